The van der Waals surface area contributed by atoms with E-state index in [2.05, 4.69) is 25.0 Å². The smallest absolute Gasteiger partial charge is 0.387 e. The predicted molar refractivity (Wildman–Crippen MR) is 93.6 cm³/mol. The van der Waals surface area contributed by atoms with Crippen molar-refractivity contribution in [3.63, 3.8) is 0 Å². The lowest BCUT2D eigenvalue weighted by Gasteiger charge is -2.05. The number of nitrogens with one attached hydrogen (secondary N) is 1. The molecule has 6 nitrogen and oxygen atoms in total. The predicted octanol–water partition coefficient (Wildman–Crippen LogP) is 4.07. The first kappa shape index (κ1) is 17.9. The van der Waals surface area contributed by atoms with Gasteiger partial charge in [0.05, 0.1) is 17.6 Å². The van der Waals surface area contributed by atoms with Gasteiger partial charge >= 0.3 is 6.61 Å². The van der Waals surface area contributed by atoms with E-state index >= 15 is 0 Å². The Bertz CT molecular complexity index is 912. The van der Waals surface area contributed by atoms with Gasteiger partial charge in [-0.3, -0.25) is 15.1 Å². The van der Waals surface area contributed by atoms with E-state index in [0.29, 0.717) is 16.5 Å². The minimum Gasteiger partial charge on any atom is -0.435 e. The molecule has 0 atom stereocenters. The van der Waals surface area contributed by atoms with Crippen molar-refractivity contribution in [3.8, 4) is 17.0 Å². The fraction of sp³-hybridized carbons (Fsp3) is 0.176. The number of halogens is 2. The van der Waals surface area contributed by atoms with Gasteiger partial charge in [0.15, 0.2) is 5.13 Å². The molecule has 0 aliphatic heterocycles. The SMILES string of the molecule is Cc1cnc(C(=O)Nc2nc(-c3ccc(OC(F)F)cc3)c(C)s2)cn1. The molecule has 2 aromatic heterocycles. The molecule has 3 rings (SSSR count). The number of thiazole rings is 1. The van der Waals surface area contributed by atoms with E-state index in [4.69, 9.17) is 0 Å². The Hall–Kier alpha value is -2.94. The zero-order chi connectivity index (χ0) is 18.7. The van der Waals surface area contributed by atoms with Crippen molar-refractivity contribution in [1.29, 1.82) is 0 Å². The second-order valence-electron chi connectivity index (χ2n) is 5.32. The van der Waals surface area contributed by atoms with Gasteiger partial charge in [0.2, 0.25) is 0 Å². The number of benzene rings is 1. The second kappa shape index (κ2) is 7.52. The lowest BCUT2D eigenvalue weighted by atomic mass is 10.1. The number of carbonyl (C=O) groups excluding carboxylic acids is 1. The Morgan fingerprint density at radius 3 is 2.50 bits per heavy atom. The number of ether oxygens (including phenoxy) is 1. The zero-order valence-corrected chi connectivity index (χ0v) is 14.7. The van der Waals surface area contributed by atoms with Crippen LogP contribution in [0.15, 0.2) is 36.7 Å². The van der Waals surface area contributed by atoms with Crippen LogP contribution in [0.4, 0.5) is 13.9 Å². The molecule has 0 unspecified atom stereocenters. The molecular formula is C17H14F2N4O2S. The number of hydrogen-bond donors (Lipinski definition) is 1. The van der Waals surface area contributed by atoms with E-state index in [1.54, 1.807) is 19.1 Å². The fourth-order valence-corrected chi connectivity index (χ4v) is 3.01. The molecule has 0 aliphatic rings. The van der Waals surface area contributed by atoms with Crippen molar-refractivity contribution in [2.75, 3.05) is 5.32 Å². The standard InChI is InChI=1S/C17H14F2N4O2S/c1-9-7-21-13(8-20-9)15(24)23-17-22-14(10(2)26-17)11-3-5-12(6-4-11)25-16(18)19/h3-8,16H,1-2H3,(H,22,23,24). The van der Waals surface area contributed by atoms with Gasteiger partial charge in [-0.05, 0) is 38.1 Å². The van der Waals surface area contributed by atoms with Crippen LogP contribution in [0.2, 0.25) is 0 Å². The highest BCUT2D eigenvalue weighted by atomic mass is 32.1. The summed E-state index contributed by atoms with van der Waals surface area (Å²) in [5, 5.41) is 3.10. The molecule has 1 amide bonds. The molecule has 3 aromatic rings. The van der Waals surface area contributed by atoms with E-state index in [0.717, 1.165) is 10.4 Å². The third kappa shape index (κ3) is 4.17. The van der Waals surface area contributed by atoms with Gasteiger partial charge in [-0.1, -0.05) is 0 Å². The highest BCUT2D eigenvalue weighted by Crippen LogP contribution is 2.31. The van der Waals surface area contributed by atoms with Crippen molar-refractivity contribution < 1.29 is 18.3 Å². The zero-order valence-electron chi connectivity index (χ0n) is 13.9. The van der Waals surface area contributed by atoms with Gasteiger partial charge in [-0.25, -0.2) is 9.97 Å². The Morgan fingerprint density at radius 1 is 1.15 bits per heavy atom. The normalized spacial score (nSPS) is 10.8. The molecule has 0 fully saturated rings. The average Bonchev–Trinajstić information content (AvgIpc) is 2.96. The molecule has 9 heteroatoms. The van der Waals surface area contributed by atoms with Crippen LogP contribution < -0.4 is 10.1 Å². The quantitative estimate of drug-likeness (QED) is 0.726. The molecule has 0 radical (unpaired) electrons. The highest BCUT2D eigenvalue weighted by Gasteiger charge is 2.14. The second-order valence-corrected chi connectivity index (χ2v) is 6.53. The summed E-state index contributed by atoms with van der Waals surface area (Å²) in [7, 11) is 0. The molecule has 2 heterocycles. The van der Waals surface area contributed by atoms with E-state index in [-0.39, 0.29) is 11.4 Å². The van der Waals surface area contributed by atoms with Gasteiger partial charge in [0.25, 0.3) is 5.91 Å². The summed E-state index contributed by atoms with van der Waals surface area (Å²) in [6, 6.07) is 6.16. The number of amides is 1. The third-order valence-corrected chi connectivity index (χ3v) is 4.27. The molecule has 0 bridgehead atoms. The largest absolute Gasteiger partial charge is 0.435 e. The van der Waals surface area contributed by atoms with Crippen LogP contribution >= 0.6 is 11.3 Å². The highest BCUT2D eigenvalue weighted by molar-refractivity contribution is 7.16. The number of aromatic nitrogens is 3. The van der Waals surface area contributed by atoms with Crippen LogP contribution in [0.25, 0.3) is 11.3 Å². The summed E-state index contributed by atoms with van der Waals surface area (Å²) in [6.07, 6.45) is 2.91. The molecule has 0 spiro atoms. The van der Waals surface area contributed by atoms with Gasteiger partial charge in [-0.15, -0.1) is 11.3 Å². The molecule has 26 heavy (non-hydrogen) atoms. The first-order chi connectivity index (χ1) is 12.4. The first-order valence-electron chi connectivity index (χ1n) is 7.55. The minimum atomic E-state index is -2.87. The lowest BCUT2D eigenvalue weighted by molar-refractivity contribution is -0.0498. The van der Waals surface area contributed by atoms with Gasteiger partial charge in [0, 0.05) is 16.6 Å². The van der Waals surface area contributed by atoms with Crippen LogP contribution in [-0.4, -0.2) is 27.5 Å². The van der Waals surface area contributed by atoms with Crippen molar-refractivity contribution in [2.24, 2.45) is 0 Å². The lowest BCUT2D eigenvalue weighted by Crippen LogP contribution is -2.13. The summed E-state index contributed by atoms with van der Waals surface area (Å²) < 4.78 is 28.8. The summed E-state index contributed by atoms with van der Waals surface area (Å²) in [6.45, 7) is 0.772. The van der Waals surface area contributed by atoms with Crippen LogP contribution in [0.3, 0.4) is 0 Å². The van der Waals surface area contributed by atoms with Crippen LogP contribution in [0, 0.1) is 13.8 Å². The van der Waals surface area contributed by atoms with E-state index < -0.39 is 12.5 Å². The van der Waals surface area contributed by atoms with Crippen molar-refractivity contribution in [3.05, 3.63) is 52.9 Å². The fourth-order valence-electron chi connectivity index (χ4n) is 2.18. The van der Waals surface area contributed by atoms with Gasteiger partial charge in [0.1, 0.15) is 11.4 Å². The summed E-state index contributed by atoms with van der Waals surface area (Å²) in [5.41, 5.74) is 2.30. The number of nitrogens with zero attached hydrogens (tertiary/aromatic N) is 3. The van der Waals surface area contributed by atoms with E-state index in [9.17, 15) is 13.6 Å². The molecule has 0 aliphatic carbocycles. The van der Waals surface area contributed by atoms with E-state index in [1.807, 2.05) is 6.92 Å². The molecule has 0 saturated carbocycles. The number of anilines is 1. The summed E-state index contributed by atoms with van der Waals surface area (Å²) in [5.74, 6) is -0.332. The summed E-state index contributed by atoms with van der Waals surface area (Å²) >= 11 is 1.31. The maximum absolute atomic E-state index is 12.2. The maximum Gasteiger partial charge on any atom is 0.387 e. The Morgan fingerprint density at radius 2 is 1.88 bits per heavy atom. The Balaban J connectivity index is 1.76. The minimum absolute atomic E-state index is 0.0723. The average molecular weight is 376 g/mol. The molecule has 134 valence electrons. The Labute approximate surface area is 151 Å². The molecular weight excluding hydrogens is 362 g/mol. The Kier molecular flexibility index (Phi) is 5.17. The first-order valence-corrected chi connectivity index (χ1v) is 8.36. The maximum atomic E-state index is 12.2. The van der Waals surface area contributed by atoms with Crippen LogP contribution in [0.1, 0.15) is 21.1 Å². The monoisotopic (exact) mass is 376 g/mol. The third-order valence-electron chi connectivity index (χ3n) is 3.38. The topological polar surface area (TPSA) is 77.0 Å². The molecule has 0 saturated heterocycles. The van der Waals surface area contributed by atoms with Gasteiger partial charge < -0.3 is 4.74 Å². The number of aryl methyl sites for hydroxylation is 2. The number of carbonyl (C=O) groups is 1. The number of alkyl halides is 2. The summed E-state index contributed by atoms with van der Waals surface area (Å²) in [4.78, 5) is 25.5. The van der Waals surface area contributed by atoms with Crippen LogP contribution in [0.5, 0.6) is 5.75 Å². The number of rotatable bonds is 5. The van der Waals surface area contributed by atoms with Crippen LogP contribution in [-0.2, 0) is 0 Å². The van der Waals surface area contributed by atoms with E-state index in [1.165, 1.54) is 35.9 Å². The number of hydrogen-bond acceptors (Lipinski definition) is 6. The van der Waals surface area contributed by atoms with Crippen molar-refractivity contribution in [1.82, 2.24) is 15.0 Å². The van der Waals surface area contributed by atoms with Gasteiger partial charge in [-0.2, -0.15) is 8.78 Å². The molecule has 1 N–H and O–H groups in total. The van der Waals surface area contributed by atoms with Crippen molar-refractivity contribution in [2.45, 2.75) is 20.5 Å². The molecule has 1 aromatic carbocycles. The van der Waals surface area contributed by atoms with Crippen molar-refractivity contribution >= 4 is 22.4 Å².